The summed E-state index contributed by atoms with van der Waals surface area (Å²) in [6, 6.07) is -1.06. The van der Waals surface area contributed by atoms with Crippen LogP contribution in [0.25, 0.3) is 0 Å². The van der Waals surface area contributed by atoms with Crippen LogP contribution in [0.3, 0.4) is 0 Å². The molecule has 0 bridgehead atoms. The summed E-state index contributed by atoms with van der Waals surface area (Å²) in [4.78, 5) is 30.2. The molecule has 0 spiro atoms. The number of rotatable bonds is 6. The lowest BCUT2D eigenvalue weighted by atomic mass is 10.1. The van der Waals surface area contributed by atoms with Gasteiger partial charge in [0.25, 0.3) is 5.91 Å². The van der Waals surface area contributed by atoms with Gasteiger partial charge in [0.1, 0.15) is 17.4 Å². The number of carbonyl (C=O) groups excluding carboxylic acids is 1. The Balaban J connectivity index is 2.15. The zero-order valence-corrected chi connectivity index (χ0v) is 11.7. The molecule has 3 N–H and O–H groups in total. The molecule has 21 heavy (non-hydrogen) atoms. The third kappa shape index (κ3) is 3.28. The van der Waals surface area contributed by atoms with E-state index in [9.17, 15) is 14.7 Å². The lowest BCUT2D eigenvalue weighted by molar-refractivity contribution is -0.139. The molecule has 2 aromatic heterocycles. The number of hydrogen-bond donors (Lipinski definition) is 3. The standard InChI is InChI=1S/C13H16N4O4/c1-3-9-11(7(2)21-17-9)12(18)16-10(13(19)20)4-8-5-14-6-15-8/h5-6,10H,3-4H2,1-2H3,(H,14,15)(H,16,18)(H,19,20)/t10-/m1/s1. The number of amides is 1. The Kier molecular flexibility index (Phi) is 4.36. The fourth-order valence-electron chi connectivity index (χ4n) is 2.00. The molecule has 0 aliphatic carbocycles. The Hall–Kier alpha value is -2.64. The minimum absolute atomic E-state index is 0.118. The first-order valence-electron chi connectivity index (χ1n) is 6.49. The Morgan fingerprint density at radius 1 is 1.52 bits per heavy atom. The monoisotopic (exact) mass is 292 g/mol. The molecular formula is C13H16N4O4. The van der Waals surface area contributed by atoms with Gasteiger partial charge in [-0.05, 0) is 13.3 Å². The SMILES string of the molecule is CCc1noc(C)c1C(=O)N[C@H](Cc1cnc[nH]1)C(=O)O. The van der Waals surface area contributed by atoms with Crippen molar-refractivity contribution in [3.63, 3.8) is 0 Å². The Morgan fingerprint density at radius 2 is 2.29 bits per heavy atom. The number of hydrogen-bond acceptors (Lipinski definition) is 5. The van der Waals surface area contributed by atoms with Crippen molar-refractivity contribution >= 4 is 11.9 Å². The van der Waals surface area contributed by atoms with E-state index in [-0.39, 0.29) is 6.42 Å². The second-order valence-corrected chi connectivity index (χ2v) is 4.56. The average Bonchev–Trinajstić information content (AvgIpc) is 3.06. The fraction of sp³-hybridized carbons (Fsp3) is 0.385. The predicted molar refractivity (Wildman–Crippen MR) is 71.8 cm³/mol. The molecule has 0 fully saturated rings. The number of aromatic amines is 1. The second-order valence-electron chi connectivity index (χ2n) is 4.56. The second kappa shape index (κ2) is 6.21. The highest BCUT2D eigenvalue weighted by Gasteiger charge is 2.25. The van der Waals surface area contributed by atoms with Crippen LogP contribution in [0, 0.1) is 6.92 Å². The maximum atomic E-state index is 12.2. The Bertz CT molecular complexity index is 633. The lowest BCUT2D eigenvalue weighted by Gasteiger charge is -2.13. The molecule has 2 heterocycles. The number of carboxylic acids is 1. The molecule has 1 atom stereocenters. The van der Waals surface area contributed by atoms with Crippen molar-refractivity contribution < 1.29 is 19.2 Å². The minimum Gasteiger partial charge on any atom is -0.480 e. The largest absolute Gasteiger partial charge is 0.480 e. The van der Waals surface area contributed by atoms with Crippen molar-refractivity contribution in [3.8, 4) is 0 Å². The molecule has 112 valence electrons. The number of imidazole rings is 1. The summed E-state index contributed by atoms with van der Waals surface area (Å²) in [6.45, 7) is 3.46. The van der Waals surface area contributed by atoms with Gasteiger partial charge in [0.05, 0.1) is 12.0 Å². The van der Waals surface area contributed by atoms with E-state index in [1.807, 2.05) is 6.92 Å². The molecule has 2 rings (SSSR count). The summed E-state index contributed by atoms with van der Waals surface area (Å²) in [7, 11) is 0. The lowest BCUT2D eigenvalue weighted by Crippen LogP contribution is -2.42. The molecule has 0 saturated carbocycles. The molecule has 8 heteroatoms. The van der Waals surface area contributed by atoms with Crippen LogP contribution in [-0.2, 0) is 17.6 Å². The zero-order valence-electron chi connectivity index (χ0n) is 11.7. The van der Waals surface area contributed by atoms with Gasteiger partial charge in [0.2, 0.25) is 0 Å². The highest BCUT2D eigenvalue weighted by atomic mass is 16.5. The minimum atomic E-state index is -1.12. The van der Waals surface area contributed by atoms with E-state index in [1.54, 1.807) is 6.92 Å². The van der Waals surface area contributed by atoms with Gasteiger partial charge in [0, 0.05) is 18.3 Å². The number of carboxylic acid groups (broad SMARTS) is 1. The molecule has 0 unspecified atom stereocenters. The highest BCUT2D eigenvalue weighted by Crippen LogP contribution is 2.14. The van der Waals surface area contributed by atoms with Gasteiger partial charge >= 0.3 is 5.97 Å². The van der Waals surface area contributed by atoms with Gasteiger partial charge in [-0.2, -0.15) is 0 Å². The predicted octanol–water partition coefficient (Wildman–Crippen LogP) is 0.694. The summed E-state index contributed by atoms with van der Waals surface area (Å²) in [6.07, 6.45) is 3.62. The maximum absolute atomic E-state index is 12.2. The molecule has 0 aliphatic rings. The first-order chi connectivity index (χ1) is 10.0. The molecule has 0 aliphatic heterocycles. The van der Waals surface area contributed by atoms with Crippen molar-refractivity contribution in [2.75, 3.05) is 0 Å². The number of aryl methyl sites for hydroxylation is 2. The van der Waals surface area contributed by atoms with Crippen LogP contribution in [0.1, 0.15) is 34.4 Å². The van der Waals surface area contributed by atoms with Crippen molar-refractivity contribution in [1.82, 2.24) is 20.4 Å². The first kappa shape index (κ1) is 14.8. The van der Waals surface area contributed by atoms with E-state index in [0.29, 0.717) is 29.1 Å². The highest BCUT2D eigenvalue weighted by molar-refractivity contribution is 5.98. The summed E-state index contributed by atoms with van der Waals surface area (Å²) in [5, 5.41) is 15.5. The van der Waals surface area contributed by atoms with Crippen molar-refractivity contribution in [2.45, 2.75) is 32.7 Å². The van der Waals surface area contributed by atoms with E-state index < -0.39 is 17.9 Å². The number of aliphatic carboxylic acids is 1. The van der Waals surface area contributed by atoms with Gasteiger partial charge in [-0.1, -0.05) is 12.1 Å². The molecular weight excluding hydrogens is 276 g/mol. The van der Waals surface area contributed by atoms with Crippen LogP contribution >= 0.6 is 0 Å². The van der Waals surface area contributed by atoms with E-state index in [4.69, 9.17) is 4.52 Å². The third-order valence-corrected chi connectivity index (χ3v) is 3.08. The number of aromatic nitrogens is 3. The number of nitrogens with one attached hydrogen (secondary N) is 2. The van der Waals surface area contributed by atoms with Crippen LogP contribution in [0.4, 0.5) is 0 Å². The normalized spacial score (nSPS) is 12.1. The summed E-state index contributed by atoms with van der Waals surface area (Å²) in [5.74, 6) is -1.25. The van der Waals surface area contributed by atoms with Crippen molar-refractivity contribution in [1.29, 1.82) is 0 Å². The molecule has 8 nitrogen and oxygen atoms in total. The fourth-order valence-corrected chi connectivity index (χ4v) is 2.00. The Labute approximate surface area is 120 Å². The van der Waals surface area contributed by atoms with E-state index in [2.05, 4.69) is 20.4 Å². The van der Waals surface area contributed by atoms with Gasteiger partial charge in [-0.15, -0.1) is 0 Å². The van der Waals surface area contributed by atoms with Crippen LogP contribution < -0.4 is 5.32 Å². The summed E-state index contributed by atoms with van der Waals surface area (Å²) in [5.41, 5.74) is 1.43. The number of H-pyrrole nitrogens is 1. The van der Waals surface area contributed by atoms with Crippen LogP contribution in [0.5, 0.6) is 0 Å². The summed E-state index contributed by atoms with van der Waals surface area (Å²) < 4.78 is 4.98. The summed E-state index contributed by atoms with van der Waals surface area (Å²) >= 11 is 0. The van der Waals surface area contributed by atoms with E-state index >= 15 is 0 Å². The molecule has 0 saturated heterocycles. The van der Waals surface area contributed by atoms with Gasteiger partial charge < -0.3 is 19.9 Å². The van der Waals surface area contributed by atoms with Crippen LogP contribution in [0.15, 0.2) is 17.0 Å². The average molecular weight is 292 g/mol. The zero-order chi connectivity index (χ0) is 15.4. The topological polar surface area (TPSA) is 121 Å². The molecule has 0 aromatic carbocycles. The van der Waals surface area contributed by atoms with Gasteiger partial charge in [-0.3, -0.25) is 4.79 Å². The van der Waals surface area contributed by atoms with Gasteiger partial charge in [-0.25, -0.2) is 9.78 Å². The van der Waals surface area contributed by atoms with Crippen molar-refractivity contribution in [2.24, 2.45) is 0 Å². The van der Waals surface area contributed by atoms with E-state index in [0.717, 1.165) is 0 Å². The number of carbonyl (C=O) groups is 2. The third-order valence-electron chi connectivity index (χ3n) is 3.08. The van der Waals surface area contributed by atoms with E-state index in [1.165, 1.54) is 12.5 Å². The van der Waals surface area contributed by atoms with Gasteiger partial charge in [0.15, 0.2) is 0 Å². The quantitative estimate of drug-likeness (QED) is 0.720. The molecule has 0 radical (unpaired) electrons. The molecule has 2 aromatic rings. The van der Waals surface area contributed by atoms with Crippen molar-refractivity contribution in [3.05, 3.63) is 35.2 Å². The maximum Gasteiger partial charge on any atom is 0.326 e. The smallest absolute Gasteiger partial charge is 0.326 e. The Morgan fingerprint density at radius 3 is 2.86 bits per heavy atom. The number of nitrogens with zero attached hydrogens (tertiary/aromatic N) is 2. The van der Waals surface area contributed by atoms with Crippen LogP contribution in [0.2, 0.25) is 0 Å². The van der Waals surface area contributed by atoms with Crippen LogP contribution in [-0.4, -0.2) is 38.1 Å². The molecule has 1 amide bonds. The first-order valence-corrected chi connectivity index (χ1v) is 6.49.